The first kappa shape index (κ1) is 9.00. The van der Waals surface area contributed by atoms with Crippen molar-refractivity contribution in [1.82, 2.24) is 0 Å². The molecule has 2 rings (SSSR count). The highest BCUT2D eigenvalue weighted by Gasteiger charge is 2.09. The van der Waals surface area contributed by atoms with Gasteiger partial charge in [-0.25, -0.2) is 4.79 Å². The van der Waals surface area contributed by atoms with E-state index >= 15 is 0 Å². The zero-order valence-electron chi connectivity index (χ0n) is 8.12. The molecule has 0 bridgehead atoms. The third kappa shape index (κ3) is 1.55. The van der Waals surface area contributed by atoms with Gasteiger partial charge < -0.3 is 4.74 Å². The molecule has 14 heavy (non-hydrogen) atoms. The van der Waals surface area contributed by atoms with E-state index in [0.717, 1.165) is 6.42 Å². The van der Waals surface area contributed by atoms with Crippen LogP contribution in [0.3, 0.4) is 0 Å². The number of methoxy groups -OCH3 is 1. The lowest BCUT2D eigenvalue weighted by Gasteiger charge is -2.14. The minimum Gasteiger partial charge on any atom is -0.465 e. The Morgan fingerprint density at radius 1 is 1.29 bits per heavy atom. The van der Waals surface area contributed by atoms with E-state index in [0.29, 0.717) is 5.56 Å². The molecule has 2 nitrogen and oxygen atoms in total. The van der Waals surface area contributed by atoms with Gasteiger partial charge in [0.2, 0.25) is 0 Å². The van der Waals surface area contributed by atoms with Crippen molar-refractivity contribution in [3.63, 3.8) is 0 Å². The Labute approximate surface area is 83.2 Å². The summed E-state index contributed by atoms with van der Waals surface area (Å²) in [6, 6.07) is 7.55. The highest BCUT2D eigenvalue weighted by atomic mass is 16.5. The van der Waals surface area contributed by atoms with Gasteiger partial charge in [0.1, 0.15) is 0 Å². The Morgan fingerprint density at radius 2 is 1.93 bits per heavy atom. The van der Waals surface area contributed by atoms with E-state index in [-0.39, 0.29) is 5.97 Å². The summed E-state index contributed by atoms with van der Waals surface area (Å²) in [6.07, 6.45) is 4.54. The molecule has 0 spiro atoms. The maximum atomic E-state index is 11.1. The summed E-state index contributed by atoms with van der Waals surface area (Å²) < 4.78 is 4.62. The predicted molar refractivity (Wildman–Crippen MR) is 55.0 cm³/mol. The van der Waals surface area contributed by atoms with Crippen LogP contribution in [0.4, 0.5) is 0 Å². The molecule has 0 saturated heterocycles. The number of hydrogen-bond acceptors (Lipinski definition) is 2. The molecule has 0 N–H and O–H groups in total. The fraction of sp³-hybridized carbons (Fsp3) is 0.250. The van der Waals surface area contributed by atoms with Crippen molar-refractivity contribution in [2.45, 2.75) is 12.8 Å². The van der Waals surface area contributed by atoms with Crippen molar-refractivity contribution in [1.29, 1.82) is 0 Å². The first-order valence-corrected chi connectivity index (χ1v) is 4.69. The lowest BCUT2D eigenvalue weighted by Crippen LogP contribution is -2.01. The molecule has 0 aliphatic heterocycles. The molecule has 1 aromatic carbocycles. The summed E-state index contributed by atoms with van der Waals surface area (Å²) in [5, 5.41) is 0. The van der Waals surface area contributed by atoms with E-state index in [1.165, 1.54) is 24.7 Å². The highest BCUT2D eigenvalue weighted by molar-refractivity contribution is 5.89. The molecule has 0 atom stereocenters. The zero-order valence-corrected chi connectivity index (χ0v) is 8.12. The normalized spacial score (nSPS) is 14.2. The lowest BCUT2D eigenvalue weighted by molar-refractivity contribution is 0.0601. The van der Waals surface area contributed by atoms with Crippen LogP contribution >= 0.6 is 0 Å². The molecule has 0 saturated carbocycles. The predicted octanol–water partition coefficient (Wildman–Crippen LogP) is 2.65. The minimum absolute atomic E-state index is 0.279. The molecule has 0 heterocycles. The molecule has 1 aromatic rings. The van der Waals surface area contributed by atoms with Gasteiger partial charge in [-0.15, -0.1) is 0 Å². The summed E-state index contributed by atoms with van der Waals surface area (Å²) in [5.74, 6) is -0.279. The number of carbonyl (C=O) groups is 1. The zero-order chi connectivity index (χ0) is 9.97. The smallest absolute Gasteiger partial charge is 0.337 e. The van der Waals surface area contributed by atoms with Gasteiger partial charge >= 0.3 is 5.97 Å². The van der Waals surface area contributed by atoms with Gasteiger partial charge in [-0.05, 0) is 36.1 Å². The number of benzene rings is 1. The van der Waals surface area contributed by atoms with Crippen LogP contribution in [0.1, 0.15) is 28.8 Å². The maximum absolute atomic E-state index is 11.1. The van der Waals surface area contributed by atoms with Gasteiger partial charge in [0, 0.05) is 0 Å². The third-order valence-electron chi connectivity index (χ3n) is 2.48. The molecule has 2 heteroatoms. The largest absolute Gasteiger partial charge is 0.465 e. The summed E-state index contributed by atoms with van der Waals surface area (Å²) in [6.45, 7) is 0. The van der Waals surface area contributed by atoms with Crippen LogP contribution in [0, 0.1) is 0 Å². The van der Waals surface area contributed by atoms with Crippen LogP contribution in [0.15, 0.2) is 30.3 Å². The Kier molecular flexibility index (Phi) is 2.35. The summed E-state index contributed by atoms with van der Waals surface area (Å²) in [5.41, 5.74) is 3.20. The fourth-order valence-electron chi connectivity index (χ4n) is 1.49. The van der Waals surface area contributed by atoms with Crippen molar-refractivity contribution in [3.05, 3.63) is 41.5 Å². The van der Waals surface area contributed by atoms with Crippen molar-refractivity contribution in [3.8, 4) is 0 Å². The summed E-state index contributed by atoms with van der Waals surface area (Å²) >= 11 is 0. The second-order valence-corrected chi connectivity index (χ2v) is 3.34. The number of carbonyl (C=O) groups excluding carboxylic acids is 1. The maximum Gasteiger partial charge on any atom is 0.337 e. The quantitative estimate of drug-likeness (QED) is 0.667. The molecule has 0 amide bonds. The van der Waals surface area contributed by atoms with Gasteiger partial charge in [0.15, 0.2) is 0 Å². The Hall–Kier alpha value is -1.57. The lowest BCUT2D eigenvalue weighted by atomic mass is 9.91. The number of allylic oxidation sites excluding steroid dienone is 2. The number of hydrogen-bond donors (Lipinski definition) is 0. The average molecular weight is 188 g/mol. The van der Waals surface area contributed by atoms with Crippen LogP contribution in [-0.2, 0) is 4.74 Å². The average Bonchev–Trinajstić information content (AvgIpc) is 2.15. The van der Waals surface area contributed by atoms with Gasteiger partial charge in [-0.2, -0.15) is 0 Å². The number of esters is 1. The van der Waals surface area contributed by atoms with E-state index in [2.05, 4.69) is 10.8 Å². The number of rotatable bonds is 2. The van der Waals surface area contributed by atoms with E-state index < -0.39 is 0 Å². The van der Waals surface area contributed by atoms with Gasteiger partial charge in [-0.3, -0.25) is 0 Å². The van der Waals surface area contributed by atoms with E-state index in [4.69, 9.17) is 0 Å². The third-order valence-corrected chi connectivity index (χ3v) is 2.48. The van der Waals surface area contributed by atoms with Crippen LogP contribution in [0.2, 0.25) is 0 Å². The molecule has 1 aliphatic rings. The summed E-state index contributed by atoms with van der Waals surface area (Å²) in [7, 11) is 1.39. The van der Waals surface area contributed by atoms with Crippen LogP contribution < -0.4 is 0 Å². The Morgan fingerprint density at radius 3 is 2.36 bits per heavy atom. The van der Waals surface area contributed by atoms with Gasteiger partial charge in [0.25, 0.3) is 0 Å². The molecule has 72 valence electrons. The van der Waals surface area contributed by atoms with Crippen LogP contribution in [0.25, 0.3) is 5.57 Å². The topological polar surface area (TPSA) is 26.3 Å². The van der Waals surface area contributed by atoms with Gasteiger partial charge in [-0.1, -0.05) is 18.2 Å². The Bertz CT molecular complexity index is 374. The SMILES string of the molecule is COC(=O)c1ccc(C2=CCC2)cc1. The van der Waals surface area contributed by atoms with Crippen molar-refractivity contribution in [2.24, 2.45) is 0 Å². The standard InChI is InChI=1S/C12H12O2/c1-14-12(13)11-7-5-10(6-8-11)9-3-2-4-9/h3,5-8H,2,4H2,1H3. The molecule has 0 radical (unpaired) electrons. The van der Waals surface area contributed by atoms with Crippen molar-refractivity contribution in [2.75, 3.05) is 7.11 Å². The summed E-state index contributed by atoms with van der Waals surface area (Å²) in [4.78, 5) is 11.1. The first-order valence-electron chi connectivity index (χ1n) is 4.69. The van der Waals surface area contributed by atoms with Crippen LogP contribution in [-0.4, -0.2) is 13.1 Å². The van der Waals surface area contributed by atoms with Gasteiger partial charge in [0.05, 0.1) is 12.7 Å². The van der Waals surface area contributed by atoms with Crippen molar-refractivity contribution >= 4 is 11.5 Å². The molecule has 1 aliphatic carbocycles. The first-order chi connectivity index (χ1) is 6.81. The Balaban J connectivity index is 2.21. The van der Waals surface area contributed by atoms with Crippen molar-refractivity contribution < 1.29 is 9.53 Å². The molecule has 0 unspecified atom stereocenters. The van der Waals surface area contributed by atoms with E-state index in [9.17, 15) is 4.79 Å². The monoisotopic (exact) mass is 188 g/mol. The number of ether oxygens (including phenoxy) is 1. The van der Waals surface area contributed by atoms with E-state index in [1.807, 2.05) is 12.1 Å². The molecule has 0 fully saturated rings. The molecule has 0 aromatic heterocycles. The minimum atomic E-state index is -0.279. The van der Waals surface area contributed by atoms with Crippen LogP contribution in [0.5, 0.6) is 0 Å². The van der Waals surface area contributed by atoms with E-state index in [1.54, 1.807) is 12.1 Å². The second-order valence-electron chi connectivity index (χ2n) is 3.34. The molecular weight excluding hydrogens is 176 g/mol. The molecular formula is C12H12O2. The fourth-order valence-corrected chi connectivity index (χ4v) is 1.49. The second kappa shape index (κ2) is 3.66. The highest BCUT2D eigenvalue weighted by Crippen LogP contribution is 2.28.